The number of hydrogen-bond donors (Lipinski definition) is 1. The van der Waals surface area contributed by atoms with E-state index in [4.69, 9.17) is 0 Å². The summed E-state index contributed by atoms with van der Waals surface area (Å²) in [6.45, 7) is 8.61. The standard InChI is InChI=1S/C14H20N4O2/c1-9-3-16-13(10(2)14(9)18(19)20)8-17-6-11-4-15-5-12(11)7-17/h3,11-12,15H,4-8H2,1-2H3. The van der Waals surface area contributed by atoms with Gasteiger partial charge in [0.2, 0.25) is 0 Å². The van der Waals surface area contributed by atoms with Gasteiger partial charge < -0.3 is 5.32 Å². The fourth-order valence-corrected chi connectivity index (χ4v) is 3.50. The Balaban J connectivity index is 1.78. The topological polar surface area (TPSA) is 71.3 Å². The number of fused-ring (bicyclic) bond motifs is 1. The van der Waals surface area contributed by atoms with Crippen molar-refractivity contribution in [1.29, 1.82) is 0 Å². The van der Waals surface area contributed by atoms with Crippen LogP contribution in [0.15, 0.2) is 6.20 Å². The van der Waals surface area contributed by atoms with E-state index in [1.807, 2.05) is 6.92 Å². The highest BCUT2D eigenvalue weighted by Crippen LogP contribution is 2.29. The zero-order valence-corrected chi connectivity index (χ0v) is 11.9. The Morgan fingerprint density at radius 1 is 1.40 bits per heavy atom. The Morgan fingerprint density at radius 2 is 2.05 bits per heavy atom. The van der Waals surface area contributed by atoms with Gasteiger partial charge in [-0.2, -0.15) is 0 Å². The predicted molar refractivity (Wildman–Crippen MR) is 75.5 cm³/mol. The predicted octanol–water partition coefficient (Wildman–Crippen LogP) is 1.26. The van der Waals surface area contributed by atoms with Crippen LogP contribution in [0.5, 0.6) is 0 Å². The highest BCUT2D eigenvalue weighted by molar-refractivity contribution is 5.47. The zero-order chi connectivity index (χ0) is 14.3. The molecule has 2 aliphatic rings. The molecule has 2 unspecified atom stereocenters. The third-order valence-corrected chi connectivity index (χ3v) is 4.60. The molecule has 2 atom stereocenters. The Hall–Kier alpha value is -1.53. The summed E-state index contributed by atoms with van der Waals surface area (Å²) >= 11 is 0. The van der Waals surface area contributed by atoms with Crippen LogP contribution in [0.25, 0.3) is 0 Å². The second kappa shape index (κ2) is 5.10. The van der Waals surface area contributed by atoms with Gasteiger partial charge in [-0.3, -0.25) is 20.0 Å². The number of rotatable bonds is 3. The maximum atomic E-state index is 11.1. The largest absolute Gasteiger partial charge is 0.316 e. The molecule has 2 aliphatic heterocycles. The van der Waals surface area contributed by atoms with Crippen molar-refractivity contribution in [3.63, 3.8) is 0 Å². The lowest BCUT2D eigenvalue weighted by Gasteiger charge is -2.17. The van der Waals surface area contributed by atoms with Crippen molar-refractivity contribution in [3.8, 4) is 0 Å². The summed E-state index contributed by atoms with van der Waals surface area (Å²) in [5, 5.41) is 14.6. The molecule has 0 aliphatic carbocycles. The highest BCUT2D eigenvalue weighted by Gasteiger charge is 2.36. The molecule has 1 aromatic rings. The quantitative estimate of drug-likeness (QED) is 0.664. The van der Waals surface area contributed by atoms with Crippen molar-refractivity contribution in [3.05, 3.63) is 33.1 Å². The van der Waals surface area contributed by atoms with Gasteiger partial charge in [0.15, 0.2) is 0 Å². The van der Waals surface area contributed by atoms with Crippen LogP contribution >= 0.6 is 0 Å². The molecule has 0 aromatic carbocycles. The normalized spacial score (nSPS) is 25.9. The second-order valence-electron chi connectivity index (χ2n) is 5.99. The van der Waals surface area contributed by atoms with E-state index < -0.39 is 0 Å². The van der Waals surface area contributed by atoms with Crippen LogP contribution in [0.3, 0.4) is 0 Å². The average Bonchev–Trinajstić information content (AvgIpc) is 2.93. The molecule has 3 heterocycles. The number of nitro groups is 1. The summed E-state index contributed by atoms with van der Waals surface area (Å²) < 4.78 is 0. The highest BCUT2D eigenvalue weighted by atomic mass is 16.6. The molecule has 6 heteroatoms. The van der Waals surface area contributed by atoms with Gasteiger partial charge in [-0.15, -0.1) is 0 Å². The summed E-state index contributed by atoms with van der Waals surface area (Å²) in [4.78, 5) is 17.7. The van der Waals surface area contributed by atoms with Crippen LogP contribution < -0.4 is 5.32 Å². The fourth-order valence-electron chi connectivity index (χ4n) is 3.50. The molecule has 108 valence electrons. The van der Waals surface area contributed by atoms with E-state index in [-0.39, 0.29) is 10.6 Å². The van der Waals surface area contributed by atoms with Gasteiger partial charge in [0.1, 0.15) is 0 Å². The Labute approximate surface area is 118 Å². The Kier molecular flexibility index (Phi) is 3.43. The van der Waals surface area contributed by atoms with Crippen molar-refractivity contribution in [2.24, 2.45) is 11.8 Å². The van der Waals surface area contributed by atoms with E-state index in [2.05, 4.69) is 15.2 Å². The lowest BCUT2D eigenvalue weighted by atomic mass is 10.0. The summed E-state index contributed by atoms with van der Waals surface area (Å²) in [6, 6.07) is 0. The summed E-state index contributed by atoms with van der Waals surface area (Å²) in [5.41, 5.74) is 2.41. The first-order chi connectivity index (χ1) is 9.56. The Morgan fingerprint density at radius 3 is 2.65 bits per heavy atom. The summed E-state index contributed by atoms with van der Waals surface area (Å²) in [6.07, 6.45) is 1.62. The molecule has 1 N–H and O–H groups in total. The van der Waals surface area contributed by atoms with E-state index in [1.165, 1.54) is 0 Å². The van der Waals surface area contributed by atoms with Crippen molar-refractivity contribution in [2.75, 3.05) is 26.2 Å². The molecule has 0 amide bonds. The van der Waals surface area contributed by atoms with Gasteiger partial charge in [0, 0.05) is 37.0 Å². The van der Waals surface area contributed by atoms with E-state index in [0.29, 0.717) is 11.1 Å². The molecule has 0 spiro atoms. The molecule has 20 heavy (non-hydrogen) atoms. The van der Waals surface area contributed by atoms with Gasteiger partial charge in [-0.05, 0) is 38.8 Å². The van der Waals surface area contributed by atoms with Crippen LogP contribution in [-0.4, -0.2) is 41.0 Å². The van der Waals surface area contributed by atoms with Gasteiger partial charge in [-0.25, -0.2) is 0 Å². The maximum Gasteiger partial charge on any atom is 0.278 e. The Bertz CT molecular complexity index is 534. The minimum absolute atomic E-state index is 0.219. The summed E-state index contributed by atoms with van der Waals surface area (Å²) in [5.74, 6) is 1.46. The number of likely N-dealkylation sites (tertiary alicyclic amines) is 1. The molecule has 2 fully saturated rings. The molecule has 0 radical (unpaired) electrons. The number of hydrogen-bond acceptors (Lipinski definition) is 5. The van der Waals surface area contributed by atoms with Gasteiger partial charge in [0.05, 0.1) is 10.6 Å². The first-order valence-electron chi connectivity index (χ1n) is 7.08. The smallest absolute Gasteiger partial charge is 0.278 e. The van der Waals surface area contributed by atoms with E-state index >= 15 is 0 Å². The van der Waals surface area contributed by atoms with E-state index in [0.717, 1.165) is 50.3 Å². The average molecular weight is 276 g/mol. The number of aryl methyl sites for hydroxylation is 1. The third kappa shape index (κ3) is 2.29. The lowest BCUT2D eigenvalue weighted by molar-refractivity contribution is -0.386. The van der Waals surface area contributed by atoms with E-state index in [9.17, 15) is 10.1 Å². The fraction of sp³-hybridized carbons (Fsp3) is 0.643. The van der Waals surface area contributed by atoms with Crippen molar-refractivity contribution in [2.45, 2.75) is 20.4 Å². The van der Waals surface area contributed by atoms with Crippen molar-refractivity contribution in [1.82, 2.24) is 15.2 Å². The zero-order valence-electron chi connectivity index (χ0n) is 11.9. The van der Waals surface area contributed by atoms with E-state index in [1.54, 1.807) is 13.1 Å². The minimum Gasteiger partial charge on any atom is -0.316 e. The van der Waals surface area contributed by atoms with Crippen LogP contribution in [0.1, 0.15) is 16.8 Å². The molecule has 2 saturated heterocycles. The van der Waals surface area contributed by atoms with Crippen molar-refractivity contribution >= 4 is 5.69 Å². The third-order valence-electron chi connectivity index (χ3n) is 4.60. The number of aromatic nitrogens is 1. The summed E-state index contributed by atoms with van der Waals surface area (Å²) in [7, 11) is 0. The second-order valence-corrected chi connectivity index (χ2v) is 5.99. The monoisotopic (exact) mass is 276 g/mol. The molecule has 3 rings (SSSR count). The molecule has 6 nitrogen and oxygen atoms in total. The van der Waals surface area contributed by atoms with Gasteiger partial charge >= 0.3 is 0 Å². The number of pyridine rings is 1. The lowest BCUT2D eigenvalue weighted by Crippen LogP contribution is -2.26. The number of nitrogens with one attached hydrogen (secondary N) is 1. The van der Waals surface area contributed by atoms with Crippen LogP contribution in [0.2, 0.25) is 0 Å². The van der Waals surface area contributed by atoms with Crippen LogP contribution in [0.4, 0.5) is 5.69 Å². The first kappa shape index (κ1) is 13.5. The van der Waals surface area contributed by atoms with Gasteiger partial charge in [-0.1, -0.05) is 0 Å². The molecule has 0 saturated carbocycles. The molecule has 1 aromatic heterocycles. The van der Waals surface area contributed by atoms with Crippen LogP contribution in [-0.2, 0) is 6.54 Å². The van der Waals surface area contributed by atoms with Crippen molar-refractivity contribution < 1.29 is 4.92 Å². The minimum atomic E-state index is -0.293. The molecule has 0 bridgehead atoms. The van der Waals surface area contributed by atoms with Gasteiger partial charge in [0.25, 0.3) is 5.69 Å². The SMILES string of the molecule is Cc1cnc(CN2CC3CNCC3C2)c(C)c1[N+](=O)[O-]. The molecular formula is C14H20N4O2. The number of nitrogens with zero attached hydrogens (tertiary/aromatic N) is 3. The maximum absolute atomic E-state index is 11.1. The molecular weight excluding hydrogens is 256 g/mol. The van der Waals surface area contributed by atoms with Crippen LogP contribution in [0, 0.1) is 35.8 Å². The first-order valence-corrected chi connectivity index (χ1v) is 7.08.